The number of benzene rings is 1. The van der Waals surface area contributed by atoms with Crippen LogP contribution in [0, 0.1) is 0 Å². The van der Waals surface area contributed by atoms with E-state index in [-0.39, 0.29) is 6.04 Å². The lowest BCUT2D eigenvalue weighted by Crippen LogP contribution is -2.27. The van der Waals surface area contributed by atoms with Crippen LogP contribution < -0.4 is 5.48 Å². The van der Waals surface area contributed by atoms with Crippen molar-refractivity contribution in [3.8, 4) is 0 Å². The third kappa shape index (κ3) is 4.03. The minimum atomic E-state index is 0.238. The van der Waals surface area contributed by atoms with E-state index < -0.39 is 0 Å². The van der Waals surface area contributed by atoms with Gasteiger partial charge < -0.3 is 0 Å². The highest BCUT2D eigenvalue weighted by atomic mass is 17.3. The Kier molecular flexibility index (Phi) is 4.46. The van der Waals surface area contributed by atoms with Crippen LogP contribution in [0.4, 0.5) is 0 Å². The average Bonchev–Trinajstić information content (AvgIpc) is 2.16. The lowest BCUT2D eigenvalue weighted by atomic mass is 10.1. The van der Waals surface area contributed by atoms with Crippen LogP contribution in [0.2, 0.25) is 0 Å². The molecule has 0 aliphatic carbocycles. The van der Waals surface area contributed by atoms with Crippen LogP contribution in [-0.2, 0) is 16.3 Å². The topological polar surface area (TPSA) is 30.5 Å². The quantitative estimate of drug-likeness (QED) is 0.554. The summed E-state index contributed by atoms with van der Waals surface area (Å²) in [6.45, 7) is 2.03. The largest absolute Gasteiger partial charge is 0.221 e. The summed E-state index contributed by atoms with van der Waals surface area (Å²) in [4.78, 5) is 9.06. The van der Waals surface area contributed by atoms with Gasteiger partial charge >= 0.3 is 0 Å². The number of hydrogen-bond donors (Lipinski definition) is 1. The number of rotatable bonds is 5. The monoisotopic (exact) mass is 181 g/mol. The zero-order valence-corrected chi connectivity index (χ0v) is 7.99. The molecule has 0 amide bonds. The van der Waals surface area contributed by atoms with Gasteiger partial charge in [-0.2, -0.15) is 5.48 Å². The van der Waals surface area contributed by atoms with Crippen LogP contribution in [0.1, 0.15) is 12.5 Å². The second kappa shape index (κ2) is 5.70. The average molecular weight is 181 g/mol. The summed E-state index contributed by atoms with van der Waals surface area (Å²) in [5, 5.41) is 0. The van der Waals surface area contributed by atoms with Gasteiger partial charge in [0.25, 0.3) is 0 Å². The molecule has 1 aromatic rings. The Morgan fingerprint density at radius 2 is 2.00 bits per heavy atom. The maximum atomic E-state index is 4.62. The van der Waals surface area contributed by atoms with Gasteiger partial charge in [0.1, 0.15) is 0 Å². The van der Waals surface area contributed by atoms with Gasteiger partial charge in [-0.15, -0.1) is 4.99 Å². The van der Waals surface area contributed by atoms with E-state index in [4.69, 9.17) is 0 Å². The van der Waals surface area contributed by atoms with E-state index in [0.29, 0.717) is 0 Å². The predicted molar refractivity (Wildman–Crippen MR) is 50.8 cm³/mol. The third-order valence-corrected chi connectivity index (χ3v) is 1.72. The molecule has 1 rings (SSSR count). The van der Waals surface area contributed by atoms with Crippen molar-refractivity contribution in [2.45, 2.75) is 19.4 Å². The van der Waals surface area contributed by atoms with E-state index in [1.165, 1.54) is 12.7 Å². The Bertz CT molecular complexity index is 226. The second-order valence-corrected chi connectivity index (χ2v) is 2.96. The highest BCUT2D eigenvalue weighted by Gasteiger charge is 2.01. The van der Waals surface area contributed by atoms with Crippen molar-refractivity contribution in [2.75, 3.05) is 7.11 Å². The van der Waals surface area contributed by atoms with Crippen molar-refractivity contribution in [2.24, 2.45) is 0 Å². The summed E-state index contributed by atoms with van der Waals surface area (Å²) in [7, 11) is 1.47. The first kappa shape index (κ1) is 10.2. The maximum absolute atomic E-state index is 4.62. The summed E-state index contributed by atoms with van der Waals surface area (Å²) in [5.41, 5.74) is 4.04. The van der Waals surface area contributed by atoms with Gasteiger partial charge in [-0.3, -0.25) is 0 Å². The summed E-state index contributed by atoms with van der Waals surface area (Å²) < 4.78 is 0. The molecule has 0 bridgehead atoms. The molecule has 0 radical (unpaired) electrons. The van der Waals surface area contributed by atoms with Crippen molar-refractivity contribution < 1.29 is 9.88 Å². The minimum Gasteiger partial charge on any atom is -0.221 e. The lowest BCUT2D eigenvalue weighted by Gasteiger charge is -2.11. The summed E-state index contributed by atoms with van der Waals surface area (Å²) in [6, 6.07) is 10.5. The molecular formula is C10H15NO2. The number of nitrogens with one attached hydrogen (secondary N) is 1. The van der Waals surface area contributed by atoms with E-state index in [2.05, 4.69) is 27.5 Å². The molecule has 1 unspecified atom stereocenters. The van der Waals surface area contributed by atoms with Crippen molar-refractivity contribution in [3.63, 3.8) is 0 Å². The zero-order chi connectivity index (χ0) is 9.52. The molecular weight excluding hydrogens is 166 g/mol. The third-order valence-electron chi connectivity index (χ3n) is 1.72. The molecule has 0 saturated carbocycles. The van der Waals surface area contributed by atoms with Crippen LogP contribution in [-0.4, -0.2) is 13.2 Å². The predicted octanol–water partition coefficient (Wildman–Crippen LogP) is 1.70. The van der Waals surface area contributed by atoms with Crippen molar-refractivity contribution >= 4 is 0 Å². The highest BCUT2D eigenvalue weighted by Crippen LogP contribution is 2.02. The van der Waals surface area contributed by atoms with E-state index >= 15 is 0 Å². The Labute approximate surface area is 78.6 Å². The smallest absolute Gasteiger partial charge is 0.0732 e. The van der Waals surface area contributed by atoms with Gasteiger partial charge in [0, 0.05) is 6.04 Å². The van der Waals surface area contributed by atoms with Crippen molar-refractivity contribution in [1.29, 1.82) is 0 Å². The van der Waals surface area contributed by atoms with Crippen LogP contribution >= 0.6 is 0 Å². The van der Waals surface area contributed by atoms with Gasteiger partial charge in [-0.25, -0.2) is 4.89 Å². The Hall–Kier alpha value is -0.900. The standard InChI is InChI=1S/C10H15NO2/c1-9(11-13-12-2)8-10-6-4-3-5-7-10/h3-7,9,11H,8H2,1-2H3. The molecule has 72 valence electrons. The summed E-state index contributed by atoms with van der Waals surface area (Å²) in [5.74, 6) is 0. The molecule has 1 N–H and O–H groups in total. The van der Waals surface area contributed by atoms with Gasteiger partial charge in [0.05, 0.1) is 7.11 Å². The molecule has 0 aromatic heterocycles. The van der Waals surface area contributed by atoms with Crippen LogP contribution in [0.15, 0.2) is 30.3 Å². The number of hydrogen-bond acceptors (Lipinski definition) is 3. The number of hydroxylamine groups is 1. The fourth-order valence-corrected chi connectivity index (χ4v) is 1.14. The van der Waals surface area contributed by atoms with E-state index in [0.717, 1.165) is 6.42 Å². The highest BCUT2D eigenvalue weighted by molar-refractivity contribution is 5.15. The van der Waals surface area contributed by atoms with Gasteiger partial charge in [-0.1, -0.05) is 30.3 Å². The summed E-state index contributed by atoms with van der Waals surface area (Å²) >= 11 is 0. The van der Waals surface area contributed by atoms with Crippen LogP contribution in [0.5, 0.6) is 0 Å². The van der Waals surface area contributed by atoms with Gasteiger partial charge in [0.15, 0.2) is 0 Å². The molecule has 0 fully saturated rings. The maximum Gasteiger partial charge on any atom is 0.0732 e. The van der Waals surface area contributed by atoms with E-state index in [1.54, 1.807) is 0 Å². The molecule has 0 spiro atoms. The molecule has 0 aliphatic rings. The summed E-state index contributed by atoms with van der Waals surface area (Å²) in [6.07, 6.45) is 0.921. The first-order chi connectivity index (χ1) is 6.33. The first-order valence-corrected chi connectivity index (χ1v) is 4.32. The van der Waals surface area contributed by atoms with Gasteiger partial charge in [-0.05, 0) is 18.9 Å². The molecule has 3 nitrogen and oxygen atoms in total. The first-order valence-electron chi connectivity index (χ1n) is 4.32. The SMILES string of the molecule is COONC(C)Cc1ccccc1. The fourth-order valence-electron chi connectivity index (χ4n) is 1.14. The second-order valence-electron chi connectivity index (χ2n) is 2.96. The Morgan fingerprint density at radius 3 is 2.62 bits per heavy atom. The minimum absolute atomic E-state index is 0.238. The molecule has 0 heterocycles. The van der Waals surface area contributed by atoms with Crippen LogP contribution in [0.3, 0.4) is 0 Å². The molecule has 13 heavy (non-hydrogen) atoms. The molecule has 0 saturated heterocycles. The van der Waals surface area contributed by atoms with Crippen LogP contribution in [0.25, 0.3) is 0 Å². The Balaban J connectivity index is 2.32. The van der Waals surface area contributed by atoms with Crippen molar-refractivity contribution in [1.82, 2.24) is 5.48 Å². The molecule has 0 aliphatic heterocycles. The molecule has 1 aromatic carbocycles. The zero-order valence-electron chi connectivity index (χ0n) is 7.99. The molecule has 1 atom stereocenters. The fraction of sp³-hybridized carbons (Fsp3) is 0.400. The Morgan fingerprint density at radius 1 is 1.31 bits per heavy atom. The van der Waals surface area contributed by atoms with E-state index in [1.807, 2.05) is 25.1 Å². The normalized spacial score (nSPS) is 12.8. The van der Waals surface area contributed by atoms with E-state index in [9.17, 15) is 0 Å². The lowest BCUT2D eigenvalue weighted by molar-refractivity contribution is -0.323. The molecule has 3 heteroatoms. The van der Waals surface area contributed by atoms with Gasteiger partial charge in [0.2, 0.25) is 0 Å². The van der Waals surface area contributed by atoms with Crippen molar-refractivity contribution in [3.05, 3.63) is 35.9 Å².